The Hall–Kier alpha value is -2.09. The number of anilines is 1. The first-order valence-electron chi connectivity index (χ1n) is 5.58. The van der Waals surface area contributed by atoms with Crippen LogP contribution in [0.4, 0.5) is 11.4 Å². The molecular formula is C12H13N3O2. The normalized spacial score (nSPS) is 19.1. The summed E-state index contributed by atoms with van der Waals surface area (Å²) in [5.74, 6) is 0. The van der Waals surface area contributed by atoms with Crippen LogP contribution in [-0.2, 0) is 0 Å². The summed E-state index contributed by atoms with van der Waals surface area (Å²) in [4.78, 5) is 12.4. The van der Waals surface area contributed by atoms with Crippen molar-refractivity contribution in [2.75, 3.05) is 11.4 Å². The van der Waals surface area contributed by atoms with Gasteiger partial charge in [-0.2, -0.15) is 5.26 Å². The van der Waals surface area contributed by atoms with Crippen molar-refractivity contribution in [2.45, 2.75) is 25.8 Å². The van der Waals surface area contributed by atoms with Crippen LogP contribution in [0.15, 0.2) is 18.2 Å². The van der Waals surface area contributed by atoms with Crippen molar-refractivity contribution in [3.8, 4) is 6.07 Å². The number of benzene rings is 1. The SMILES string of the molecule is CC1CCCN1c1ccc([N+](=O)[O-])c(C#N)c1. The van der Waals surface area contributed by atoms with Crippen LogP contribution in [0.1, 0.15) is 25.3 Å². The van der Waals surface area contributed by atoms with E-state index in [-0.39, 0.29) is 11.3 Å². The molecule has 2 rings (SSSR count). The monoisotopic (exact) mass is 231 g/mol. The molecule has 0 N–H and O–H groups in total. The fourth-order valence-electron chi connectivity index (χ4n) is 2.27. The maximum absolute atomic E-state index is 10.7. The van der Waals surface area contributed by atoms with Crippen molar-refractivity contribution in [2.24, 2.45) is 0 Å². The molecule has 1 aliphatic rings. The molecule has 1 saturated heterocycles. The van der Waals surface area contributed by atoms with Gasteiger partial charge in [-0.05, 0) is 31.9 Å². The molecule has 1 aromatic carbocycles. The summed E-state index contributed by atoms with van der Waals surface area (Å²) in [5, 5.41) is 19.6. The minimum absolute atomic E-state index is 0.122. The van der Waals surface area contributed by atoms with E-state index in [2.05, 4.69) is 11.8 Å². The van der Waals surface area contributed by atoms with E-state index in [0.717, 1.165) is 25.1 Å². The van der Waals surface area contributed by atoms with E-state index in [9.17, 15) is 10.1 Å². The van der Waals surface area contributed by atoms with Gasteiger partial charge < -0.3 is 4.90 Å². The molecule has 0 saturated carbocycles. The van der Waals surface area contributed by atoms with Crippen molar-refractivity contribution in [3.05, 3.63) is 33.9 Å². The predicted molar refractivity (Wildman–Crippen MR) is 63.9 cm³/mol. The quantitative estimate of drug-likeness (QED) is 0.579. The number of nitrogens with zero attached hydrogens (tertiary/aromatic N) is 3. The van der Waals surface area contributed by atoms with E-state index in [1.54, 1.807) is 12.1 Å². The summed E-state index contributed by atoms with van der Waals surface area (Å²) in [6, 6.07) is 7.07. The molecule has 0 radical (unpaired) electrons. The Morgan fingerprint density at radius 3 is 2.88 bits per heavy atom. The van der Waals surface area contributed by atoms with Crippen LogP contribution < -0.4 is 4.90 Å². The van der Waals surface area contributed by atoms with Crippen molar-refractivity contribution in [1.82, 2.24) is 0 Å². The number of nitriles is 1. The zero-order valence-corrected chi connectivity index (χ0v) is 9.59. The number of hydrogen-bond donors (Lipinski definition) is 0. The first-order chi connectivity index (χ1) is 8.13. The standard InChI is InChI=1S/C12H13N3O2/c1-9-3-2-6-14(9)11-4-5-12(15(16)17)10(7-11)8-13/h4-5,7,9H,2-3,6H2,1H3. The zero-order valence-electron chi connectivity index (χ0n) is 9.59. The van der Waals surface area contributed by atoms with E-state index in [0.29, 0.717) is 6.04 Å². The first kappa shape index (κ1) is 11.4. The number of hydrogen-bond acceptors (Lipinski definition) is 4. The largest absolute Gasteiger partial charge is 0.369 e. The molecule has 1 fully saturated rings. The highest BCUT2D eigenvalue weighted by Gasteiger charge is 2.22. The van der Waals surface area contributed by atoms with Crippen molar-refractivity contribution in [1.29, 1.82) is 5.26 Å². The van der Waals surface area contributed by atoms with E-state index < -0.39 is 4.92 Å². The highest BCUT2D eigenvalue weighted by molar-refractivity contribution is 5.60. The Morgan fingerprint density at radius 2 is 2.35 bits per heavy atom. The number of rotatable bonds is 2. The van der Waals surface area contributed by atoms with Crippen LogP contribution >= 0.6 is 0 Å². The minimum Gasteiger partial charge on any atom is -0.369 e. The highest BCUT2D eigenvalue weighted by atomic mass is 16.6. The van der Waals surface area contributed by atoms with Crippen LogP contribution in [0.2, 0.25) is 0 Å². The van der Waals surface area contributed by atoms with Crippen LogP contribution in [0.3, 0.4) is 0 Å². The molecular weight excluding hydrogens is 218 g/mol. The average Bonchev–Trinajstić information content (AvgIpc) is 2.74. The Kier molecular flexibility index (Phi) is 2.96. The fraction of sp³-hybridized carbons (Fsp3) is 0.417. The van der Waals surface area contributed by atoms with Gasteiger partial charge in [0.25, 0.3) is 5.69 Å². The average molecular weight is 231 g/mol. The van der Waals surface area contributed by atoms with E-state index in [1.807, 2.05) is 6.07 Å². The van der Waals surface area contributed by atoms with E-state index >= 15 is 0 Å². The maximum Gasteiger partial charge on any atom is 0.287 e. The lowest BCUT2D eigenvalue weighted by molar-refractivity contribution is -0.385. The molecule has 0 amide bonds. The van der Waals surface area contributed by atoms with E-state index in [1.165, 1.54) is 6.07 Å². The van der Waals surface area contributed by atoms with Crippen molar-refractivity contribution in [3.63, 3.8) is 0 Å². The Morgan fingerprint density at radius 1 is 1.59 bits per heavy atom. The molecule has 5 heteroatoms. The van der Waals surface area contributed by atoms with Crippen molar-refractivity contribution >= 4 is 11.4 Å². The Bertz CT molecular complexity index is 493. The van der Waals surface area contributed by atoms with Gasteiger partial charge in [-0.25, -0.2) is 0 Å². The molecule has 0 aromatic heterocycles. The second-order valence-electron chi connectivity index (χ2n) is 4.26. The smallest absolute Gasteiger partial charge is 0.287 e. The van der Waals surface area contributed by atoms with Crippen LogP contribution in [-0.4, -0.2) is 17.5 Å². The van der Waals surface area contributed by atoms with Gasteiger partial charge >= 0.3 is 0 Å². The molecule has 1 aliphatic heterocycles. The Balaban J connectivity index is 2.38. The summed E-state index contributed by atoms with van der Waals surface area (Å²) in [6.07, 6.45) is 2.25. The second kappa shape index (κ2) is 4.42. The van der Waals surface area contributed by atoms with Gasteiger partial charge in [0.05, 0.1) is 4.92 Å². The van der Waals surface area contributed by atoms with Gasteiger partial charge in [0.1, 0.15) is 11.6 Å². The van der Waals surface area contributed by atoms with Crippen molar-refractivity contribution < 1.29 is 4.92 Å². The van der Waals surface area contributed by atoms with Gasteiger partial charge in [0.2, 0.25) is 0 Å². The molecule has 1 heterocycles. The third-order valence-electron chi connectivity index (χ3n) is 3.18. The Labute approximate surface area is 99.4 Å². The minimum atomic E-state index is -0.518. The van der Waals surface area contributed by atoms with Gasteiger partial charge in [0.15, 0.2) is 0 Å². The molecule has 88 valence electrons. The maximum atomic E-state index is 10.7. The third kappa shape index (κ3) is 2.07. The second-order valence-corrected chi connectivity index (χ2v) is 4.26. The fourth-order valence-corrected chi connectivity index (χ4v) is 2.27. The third-order valence-corrected chi connectivity index (χ3v) is 3.18. The van der Waals surface area contributed by atoms with Crippen LogP contribution in [0, 0.1) is 21.4 Å². The number of nitro benzene ring substituents is 1. The zero-order chi connectivity index (χ0) is 12.4. The molecule has 0 spiro atoms. The lowest BCUT2D eigenvalue weighted by atomic mass is 10.1. The highest BCUT2D eigenvalue weighted by Crippen LogP contribution is 2.29. The van der Waals surface area contributed by atoms with Gasteiger partial charge in [0, 0.05) is 24.3 Å². The van der Waals surface area contributed by atoms with Crippen LogP contribution in [0.5, 0.6) is 0 Å². The summed E-state index contributed by atoms with van der Waals surface area (Å²) in [7, 11) is 0. The molecule has 0 aliphatic carbocycles. The molecule has 17 heavy (non-hydrogen) atoms. The van der Waals surface area contributed by atoms with Crippen LogP contribution in [0.25, 0.3) is 0 Å². The van der Waals surface area contributed by atoms with Gasteiger partial charge in [-0.3, -0.25) is 10.1 Å². The lowest BCUT2D eigenvalue weighted by Gasteiger charge is -2.23. The summed E-state index contributed by atoms with van der Waals surface area (Å²) < 4.78 is 0. The predicted octanol–water partition coefficient (Wildman–Crippen LogP) is 2.46. The molecule has 5 nitrogen and oxygen atoms in total. The molecule has 1 atom stereocenters. The van der Waals surface area contributed by atoms with E-state index in [4.69, 9.17) is 5.26 Å². The van der Waals surface area contributed by atoms with Gasteiger partial charge in [-0.15, -0.1) is 0 Å². The summed E-state index contributed by atoms with van der Waals surface area (Å²) in [6.45, 7) is 3.07. The van der Waals surface area contributed by atoms with Gasteiger partial charge in [-0.1, -0.05) is 0 Å². The summed E-state index contributed by atoms with van der Waals surface area (Å²) >= 11 is 0. The number of nitro groups is 1. The summed E-state index contributed by atoms with van der Waals surface area (Å²) in [5.41, 5.74) is 0.909. The first-order valence-corrected chi connectivity index (χ1v) is 5.58. The molecule has 1 aromatic rings. The lowest BCUT2D eigenvalue weighted by Crippen LogP contribution is -2.26. The molecule has 0 bridgehead atoms. The topological polar surface area (TPSA) is 70.2 Å². The molecule has 1 unspecified atom stereocenters.